The normalized spacial score (nSPS) is 44.7. The molecule has 1 heterocycles. The monoisotopic (exact) mass is 206 g/mol. The Labute approximate surface area is 78.2 Å². The molecule has 1 aliphatic heterocycles. The maximum absolute atomic E-state index is 11.7. The highest BCUT2D eigenvalue weighted by Gasteiger charge is 2.46. The van der Waals surface area contributed by atoms with Crippen LogP contribution in [0, 0.1) is 0 Å². The fraction of sp³-hybridized carbons (Fsp3) is 1.00. The van der Waals surface area contributed by atoms with E-state index in [9.17, 15) is 4.57 Å². The van der Waals surface area contributed by atoms with Crippen LogP contribution in [0.4, 0.5) is 0 Å². The van der Waals surface area contributed by atoms with E-state index in [0.717, 1.165) is 25.7 Å². The average Bonchev–Trinajstić information content (AvgIpc) is 2.40. The molecule has 1 saturated heterocycles. The van der Waals surface area contributed by atoms with E-state index >= 15 is 0 Å². The number of phosphoric acid groups is 1. The van der Waals surface area contributed by atoms with E-state index in [1.165, 1.54) is 0 Å². The third-order valence-electron chi connectivity index (χ3n) is 2.46. The van der Waals surface area contributed by atoms with Crippen molar-refractivity contribution in [3.8, 4) is 0 Å². The van der Waals surface area contributed by atoms with Crippen LogP contribution in [-0.4, -0.2) is 18.8 Å². The summed E-state index contributed by atoms with van der Waals surface area (Å²) in [6.07, 6.45) is 4.17. The molecule has 1 aliphatic carbocycles. The fourth-order valence-corrected chi connectivity index (χ4v) is 3.51. The Morgan fingerprint density at radius 1 is 1.31 bits per heavy atom. The van der Waals surface area contributed by atoms with E-state index in [1.807, 2.05) is 0 Å². The second kappa shape index (κ2) is 3.70. The van der Waals surface area contributed by atoms with Crippen LogP contribution in [0.1, 0.15) is 32.6 Å². The summed E-state index contributed by atoms with van der Waals surface area (Å²) in [7, 11) is -3.18. The van der Waals surface area contributed by atoms with Gasteiger partial charge in [0, 0.05) is 0 Å². The number of hydrogen-bond acceptors (Lipinski definition) is 4. The Balaban J connectivity index is 2.01. The zero-order valence-electron chi connectivity index (χ0n) is 7.77. The van der Waals surface area contributed by atoms with Crippen molar-refractivity contribution in [1.29, 1.82) is 0 Å². The molecule has 0 amide bonds. The molecule has 0 radical (unpaired) electrons. The topological polar surface area (TPSA) is 44.8 Å². The summed E-state index contributed by atoms with van der Waals surface area (Å²) in [5.74, 6) is 0. The van der Waals surface area contributed by atoms with Crippen molar-refractivity contribution in [1.82, 2.24) is 0 Å². The maximum atomic E-state index is 11.7. The van der Waals surface area contributed by atoms with Crippen molar-refractivity contribution < 1.29 is 18.1 Å². The second-order valence-electron chi connectivity index (χ2n) is 3.44. The van der Waals surface area contributed by atoms with E-state index in [0.29, 0.717) is 6.61 Å². The largest absolute Gasteiger partial charge is 0.475 e. The van der Waals surface area contributed by atoms with Crippen LogP contribution in [0.3, 0.4) is 0 Å². The molecule has 2 rings (SSSR count). The van der Waals surface area contributed by atoms with Crippen molar-refractivity contribution in [2.75, 3.05) is 6.61 Å². The second-order valence-corrected chi connectivity index (χ2v) is 5.01. The molecule has 4 nitrogen and oxygen atoms in total. The van der Waals surface area contributed by atoms with Gasteiger partial charge in [-0.15, -0.1) is 0 Å². The summed E-state index contributed by atoms with van der Waals surface area (Å²) in [5, 5.41) is 0. The molecule has 0 N–H and O–H groups in total. The first-order chi connectivity index (χ1) is 6.23. The van der Waals surface area contributed by atoms with Crippen LogP contribution < -0.4 is 0 Å². The summed E-state index contributed by atoms with van der Waals surface area (Å²) in [4.78, 5) is 0. The van der Waals surface area contributed by atoms with Gasteiger partial charge in [0.2, 0.25) is 0 Å². The van der Waals surface area contributed by atoms with Gasteiger partial charge >= 0.3 is 7.82 Å². The highest BCUT2D eigenvalue weighted by Crippen LogP contribution is 2.59. The van der Waals surface area contributed by atoms with Crippen molar-refractivity contribution >= 4 is 7.82 Å². The maximum Gasteiger partial charge on any atom is 0.475 e. The first kappa shape index (κ1) is 9.66. The van der Waals surface area contributed by atoms with Crippen LogP contribution in [0.5, 0.6) is 0 Å². The molecule has 0 bridgehead atoms. The summed E-state index contributed by atoms with van der Waals surface area (Å²) in [6.45, 7) is 2.16. The summed E-state index contributed by atoms with van der Waals surface area (Å²) in [5.41, 5.74) is 0. The summed E-state index contributed by atoms with van der Waals surface area (Å²) in [6, 6.07) is 0. The lowest BCUT2D eigenvalue weighted by atomic mass is 9.95. The minimum atomic E-state index is -3.18. The zero-order valence-corrected chi connectivity index (χ0v) is 8.66. The minimum Gasteiger partial charge on any atom is -0.287 e. The van der Waals surface area contributed by atoms with Crippen LogP contribution in [0.15, 0.2) is 0 Å². The van der Waals surface area contributed by atoms with E-state index < -0.39 is 7.82 Å². The zero-order chi connectivity index (χ0) is 9.31. The van der Waals surface area contributed by atoms with E-state index in [-0.39, 0.29) is 12.2 Å². The highest BCUT2D eigenvalue weighted by atomic mass is 31.2. The molecule has 0 spiro atoms. The Hall–Kier alpha value is 0.110. The van der Waals surface area contributed by atoms with Gasteiger partial charge in [0.25, 0.3) is 0 Å². The van der Waals surface area contributed by atoms with Crippen molar-refractivity contribution in [3.05, 3.63) is 0 Å². The van der Waals surface area contributed by atoms with E-state index in [4.69, 9.17) is 13.6 Å². The molecule has 0 aromatic heterocycles. The molecule has 2 fully saturated rings. The van der Waals surface area contributed by atoms with Gasteiger partial charge < -0.3 is 0 Å². The summed E-state index contributed by atoms with van der Waals surface area (Å²) >= 11 is 0. The lowest BCUT2D eigenvalue weighted by Gasteiger charge is -2.19. The van der Waals surface area contributed by atoms with Gasteiger partial charge in [0.15, 0.2) is 0 Å². The molecule has 2 aliphatic rings. The van der Waals surface area contributed by atoms with Crippen LogP contribution in [0.2, 0.25) is 0 Å². The SMILES string of the molecule is CCOP1(=O)OC2CCCCC2O1. The van der Waals surface area contributed by atoms with Crippen LogP contribution in [0.25, 0.3) is 0 Å². The third-order valence-corrected chi connectivity index (χ3v) is 4.09. The van der Waals surface area contributed by atoms with Crippen molar-refractivity contribution in [3.63, 3.8) is 0 Å². The van der Waals surface area contributed by atoms with Gasteiger partial charge in [-0.2, -0.15) is 0 Å². The van der Waals surface area contributed by atoms with Gasteiger partial charge in [0.1, 0.15) is 0 Å². The number of rotatable bonds is 2. The highest BCUT2D eigenvalue weighted by molar-refractivity contribution is 7.48. The molecule has 2 unspecified atom stereocenters. The number of hydrogen-bond donors (Lipinski definition) is 0. The molecule has 76 valence electrons. The predicted octanol–water partition coefficient (Wildman–Crippen LogP) is 2.49. The van der Waals surface area contributed by atoms with Gasteiger partial charge in [-0.1, -0.05) is 12.8 Å². The fourth-order valence-electron chi connectivity index (χ4n) is 1.88. The molecule has 2 atom stereocenters. The van der Waals surface area contributed by atoms with Gasteiger partial charge in [0.05, 0.1) is 18.8 Å². The molecular weight excluding hydrogens is 191 g/mol. The standard InChI is InChI=1S/C8H15O4P/c1-2-10-13(9)11-7-5-3-4-6-8(7)12-13/h7-8H,2-6H2,1H3. The Kier molecular flexibility index (Phi) is 2.75. The Morgan fingerprint density at radius 3 is 2.31 bits per heavy atom. The minimum absolute atomic E-state index is 0.00568. The van der Waals surface area contributed by atoms with Crippen LogP contribution >= 0.6 is 7.82 Å². The van der Waals surface area contributed by atoms with Gasteiger partial charge in [-0.25, -0.2) is 4.57 Å². The Morgan fingerprint density at radius 2 is 1.85 bits per heavy atom. The van der Waals surface area contributed by atoms with E-state index in [2.05, 4.69) is 0 Å². The van der Waals surface area contributed by atoms with Gasteiger partial charge in [-0.3, -0.25) is 13.6 Å². The lowest BCUT2D eigenvalue weighted by molar-refractivity contribution is 0.110. The third kappa shape index (κ3) is 1.96. The average molecular weight is 206 g/mol. The van der Waals surface area contributed by atoms with Crippen molar-refractivity contribution in [2.24, 2.45) is 0 Å². The molecular formula is C8H15O4P. The molecule has 0 aromatic carbocycles. The van der Waals surface area contributed by atoms with Crippen molar-refractivity contribution in [2.45, 2.75) is 44.8 Å². The predicted molar refractivity (Wildman–Crippen MR) is 47.4 cm³/mol. The first-order valence-electron chi connectivity index (χ1n) is 4.85. The number of fused-ring (bicyclic) bond motifs is 1. The smallest absolute Gasteiger partial charge is 0.287 e. The first-order valence-corrected chi connectivity index (χ1v) is 6.31. The molecule has 5 heteroatoms. The van der Waals surface area contributed by atoms with Gasteiger partial charge in [-0.05, 0) is 19.8 Å². The molecule has 0 aromatic rings. The lowest BCUT2D eigenvalue weighted by Crippen LogP contribution is -2.25. The number of phosphoric ester groups is 1. The molecule has 13 heavy (non-hydrogen) atoms. The summed E-state index contributed by atoms with van der Waals surface area (Å²) < 4.78 is 27.3. The molecule has 1 saturated carbocycles. The Bertz CT molecular complexity index is 212. The van der Waals surface area contributed by atoms with Crippen LogP contribution in [-0.2, 0) is 18.1 Å². The van der Waals surface area contributed by atoms with E-state index in [1.54, 1.807) is 6.92 Å². The quantitative estimate of drug-likeness (QED) is 0.651.